The predicted octanol–water partition coefficient (Wildman–Crippen LogP) is 3.51. The van der Waals surface area contributed by atoms with Gasteiger partial charge < -0.3 is 9.64 Å². The van der Waals surface area contributed by atoms with Crippen molar-refractivity contribution in [2.24, 2.45) is 5.92 Å². The first-order valence-corrected chi connectivity index (χ1v) is 13.2. The minimum Gasteiger partial charge on any atom is -0.466 e. The minimum absolute atomic E-state index is 0.153. The fourth-order valence-electron chi connectivity index (χ4n) is 4.56. The number of piperidine rings is 1. The number of nitrogens with zero attached hydrogens (tertiary/aromatic N) is 5. The van der Waals surface area contributed by atoms with Crippen LogP contribution in [0.15, 0.2) is 52.4 Å². The molecule has 1 saturated heterocycles. The molecule has 0 saturated carbocycles. The quantitative estimate of drug-likeness (QED) is 0.389. The van der Waals surface area contributed by atoms with Crippen molar-refractivity contribution < 1.29 is 17.9 Å². The number of carbonyl (C=O) groups excluding carboxylic acids is 1. The van der Waals surface area contributed by atoms with Gasteiger partial charge in [-0.1, -0.05) is 23.4 Å². The van der Waals surface area contributed by atoms with Crippen LogP contribution in [-0.2, 0) is 19.4 Å². The summed E-state index contributed by atoms with van der Waals surface area (Å²) in [4.78, 5) is 19.4. The zero-order chi connectivity index (χ0) is 24.7. The van der Waals surface area contributed by atoms with Crippen LogP contribution < -0.4 is 4.90 Å². The third-order valence-corrected chi connectivity index (χ3v) is 8.23. The molecule has 1 atom stereocenters. The van der Waals surface area contributed by atoms with Gasteiger partial charge in [-0.2, -0.15) is 4.52 Å². The van der Waals surface area contributed by atoms with Gasteiger partial charge in [-0.25, -0.2) is 13.4 Å². The Hall–Kier alpha value is -3.53. The number of aromatic nitrogens is 4. The van der Waals surface area contributed by atoms with E-state index in [2.05, 4.69) is 10.3 Å². The van der Waals surface area contributed by atoms with Gasteiger partial charge in [0.25, 0.3) is 0 Å². The van der Waals surface area contributed by atoms with Crippen LogP contribution in [0, 0.1) is 19.8 Å². The number of sulfone groups is 1. The zero-order valence-electron chi connectivity index (χ0n) is 19.9. The molecule has 4 aromatic rings. The van der Waals surface area contributed by atoms with E-state index in [4.69, 9.17) is 9.72 Å². The second-order valence-corrected chi connectivity index (χ2v) is 10.7. The maximum atomic E-state index is 13.6. The monoisotopic (exact) mass is 493 g/mol. The summed E-state index contributed by atoms with van der Waals surface area (Å²) in [6.45, 7) is 7.09. The molecule has 5 rings (SSSR count). The average molecular weight is 494 g/mol. The van der Waals surface area contributed by atoms with Crippen molar-refractivity contribution >= 4 is 38.2 Å². The summed E-state index contributed by atoms with van der Waals surface area (Å²) in [6.07, 6.45) is 1.55. The van der Waals surface area contributed by atoms with E-state index in [1.54, 1.807) is 25.1 Å². The molecule has 1 fully saturated rings. The van der Waals surface area contributed by atoms with Gasteiger partial charge in [0, 0.05) is 18.5 Å². The normalized spacial score (nSPS) is 16.7. The minimum atomic E-state index is -3.96. The van der Waals surface area contributed by atoms with Crippen LogP contribution in [0.2, 0.25) is 0 Å². The predicted molar refractivity (Wildman–Crippen MR) is 131 cm³/mol. The maximum absolute atomic E-state index is 13.6. The van der Waals surface area contributed by atoms with E-state index in [-0.39, 0.29) is 27.5 Å². The van der Waals surface area contributed by atoms with Crippen LogP contribution in [0.4, 0.5) is 5.82 Å². The molecule has 0 spiro atoms. The summed E-state index contributed by atoms with van der Waals surface area (Å²) in [5.74, 6) is 0.134. The topological polar surface area (TPSA) is 107 Å². The Labute approximate surface area is 203 Å². The van der Waals surface area contributed by atoms with Crippen LogP contribution in [-0.4, -0.2) is 53.9 Å². The lowest BCUT2D eigenvalue weighted by Crippen LogP contribution is -2.40. The highest BCUT2D eigenvalue weighted by Crippen LogP contribution is 2.32. The standard InChI is InChI=1S/C25H27N5O4S/c1-4-34-25(31)18-8-7-13-29(15-18)22-20-9-5-6-10-21(20)30-23(26-22)24(27-28-30)35(32,33)19-12-11-16(2)17(3)14-19/h5-6,9-12,14,18H,4,7-8,13,15H2,1-3H3/t18-/m0/s1. The molecule has 1 aliphatic rings. The molecule has 1 aliphatic heterocycles. The van der Waals surface area contributed by atoms with Gasteiger partial charge >= 0.3 is 5.97 Å². The fourth-order valence-corrected chi connectivity index (χ4v) is 5.88. The van der Waals surface area contributed by atoms with Gasteiger partial charge in [-0.05, 0) is 69.0 Å². The number of rotatable bonds is 5. The van der Waals surface area contributed by atoms with E-state index in [1.165, 1.54) is 4.52 Å². The molecule has 0 bridgehead atoms. The van der Waals surface area contributed by atoms with Crippen molar-refractivity contribution in [1.29, 1.82) is 0 Å². The lowest BCUT2D eigenvalue weighted by Gasteiger charge is -2.33. The van der Waals surface area contributed by atoms with E-state index in [0.717, 1.165) is 29.4 Å². The highest BCUT2D eigenvalue weighted by Gasteiger charge is 2.31. The summed E-state index contributed by atoms with van der Waals surface area (Å²) in [5, 5.41) is 8.86. The van der Waals surface area contributed by atoms with Gasteiger partial charge in [-0.3, -0.25) is 4.79 Å². The molecule has 2 aromatic carbocycles. The van der Waals surface area contributed by atoms with E-state index in [0.29, 0.717) is 31.0 Å². The lowest BCUT2D eigenvalue weighted by atomic mass is 9.98. The largest absolute Gasteiger partial charge is 0.466 e. The highest BCUT2D eigenvalue weighted by atomic mass is 32.2. The Morgan fingerprint density at radius 2 is 1.94 bits per heavy atom. The number of aryl methyl sites for hydroxylation is 2. The number of fused-ring (bicyclic) bond motifs is 3. The first-order chi connectivity index (χ1) is 16.8. The number of anilines is 1. The first-order valence-electron chi connectivity index (χ1n) is 11.7. The molecule has 3 heterocycles. The first kappa shape index (κ1) is 23.2. The molecule has 35 heavy (non-hydrogen) atoms. The summed E-state index contributed by atoms with van der Waals surface area (Å²) in [6, 6.07) is 12.6. The smallest absolute Gasteiger partial charge is 0.310 e. The van der Waals surface area contributed by atoms with Crippen molar-refractivity contribution in [3.8, 4) is 0 Å². The number of para-hydroxylation sites is 1. The van der Waals surface area contributed by atoms with Crippen molar-refractivity contribution in [3.63, 3.8) is 0 Å². The van der Waals surface area contributed by atoms with Gasteiger partial charge in [0.15, 0.2) is 5.65 Å². The van der Waals surface area contributed by atoms with Crippen LogP contribution in [0.1, 0.15) is 30.9 Å². The van der Waals surface area contributed by atoms with Gasteiger partial charge in [0.1, 0.15) is 5.82 Å². The number of benzene rings is 2. The van der Waals surface area contributed by atoms with E-state index < -0.39 is 9.84 Å². The van der Waals surface area contributed by atoms with Gasteiger partial charge in [0.2, 0.25) is 14.9 Å². The molecule has 0 unspecified atom stereocenters. The molecule has 0 radical (unpaired) electrons. The molecular formula is C25H27N5O4S. The molecule has 182 valence electrons. The second kappa shape index (κ2) is 8.92. The molecule has 10 heteroatoms. The molecule has 0 N–H and O–H groups in total. The van der Waals surface area contributed by atoms with Crippen LogP contribution in [0.3, 0.4) is 0 Å². The summed E-state index contributed by atoms with van der Waals surface area (Å²) >= 11 is 0. The fraction of sp³-hybridized carbons (Fsp3) is 0.360. The molecule has 9 nitrogen and oxygen atoms in total. The Morgan fingerprint density at radius 1 is 1.14 bits per heavy atom. The average Bonchev–Trinajstić information content (AvgIpc) is 3.30. The summed E-state index contributed by atoms with van der Waals surface area (Å²) in [5.41, 5.74) is 2.74. The number of esters is 1. The van der Waals surface area contributed by atoms with Gasteiger partial charge in [-0.15, -0.1) is 5.10 Å². The van der Waals surface area contributed by atoms with E-state index >= 15 is 0 Å². The molecule has 0 aliphatic carbocycles. The summed E-state index contributed by atoms with van der Waals surface area (Å²) in [7, 11) is -3.96. The third kappa shape index (κ3) is 4.01. The van der Waals surface area contributed by atoms with Crippen LogP contribution >= 0.6 is 0 Å². The van der Waals surface area contributed by atoms with Crippen molar-refractivity contribution in [2.45, 2.75) is 43.5 Å². The van der Waals surface area contributed by atoms with Crippen LogP contribution in [0.25, 0.3) is 16.6 Å². The number of carbonyl (C=O) groups is 1. The SMILES string of the molecule is CCOC(=O)[C@H]1CCCN(c2nc3c(S(=O)(=O)c4ccc(C)c(C)c4)nnn3c3ccccc23)C1. The molecular weight excluding hydrogens is 466 g/mol. The van der Waals surface area contributed by atoms with E-state index in [1.807, 2.05) is 43.0 Å². The number of hydrogen-bond acceptors (Lipinski definition) is 8. The van der Waals surface area contributed by atoms with Crippen molar-refractivity contribution in [1.82, 2.24) is 19.8 Å². The van der Waals surface area contributed by atoms with Gasteiger partial charge in [0.05, 0.1) is 22.9 Å². The maximum Gasteiger partial charge on any atom is 0.310 e. The third-order valence-electron chi connectivity index (χ3n) is 6.59. The van der Waals surface area contributed by atoms with E-state index in [9.17, 15) is 13.2 Å². The summed E-state index contributed by atoms with van der Waals surface area (Å²) < 4.78 is 33.9. The Kier molecular flexibility index (Phi) is 5.92. The zero-order valence-corrected chi connectivity index (χ0v) is 20.7. The van der Waals surface area contributed by atoms with Crippen LogP contribution in [0.5, 0.6) is 0 Å². The Bertz CT molecular complexity index is 1550. The lowest BCUT2D eigenvalue weighted by molar-refractivity contribution is -0.148. The molecule has 0 amide bonds. The van der Waals surface area contributed by atoms with Crippen molar-refractivity contribution in [2.75, 3.05) is 24.6 Å². The Morgan fingerprint density at radius 3 is 2.71 bits per heavy atom. The Balaban J connectivity index is 1.66. The highest BCUT2D eigenvalue weighted by molar-refractivity contribution is 7.91. The van der Waals surface area contributed by atoms with Crippen molar-refractivity contribution in [3.05, 3.63) is 53.6 Å². The molecule has 2 aromatic heterocycles. The number of ether oxygens (including phenoxy) is 1. The second-order valence-electron chi connectivity index (χ2n) is 8.87. The number of hydrogen-bond donors (Lipinski definition) is 0.